The molecule has 0 aliphatic carbocycles. The Morgan fingerprint density at radius 3 is 1.77 bits per heavy atom. The van der Waals surface area contributed by atoms with E-state index in [9.17, 15) is 4.57 Å². The first kappa shape index (κ1) is 29.0. The summed E-state index contributed by atoms with van der Waals surface area (Å²) in [6.07, 6.45) is 4.52. The molecule has 0 aliphatic heterocycles. The molecule has 0 atom stereocenters. The molecule has 0 saturated heterocycles. The number of H-pyrrole nitrogens is 3. The standard InChI is InChI=1S/C25H12Br3Cl3N7O4P/c26-10-1-4-13-19(22(10)29)16(7-32-13)40-43(39,41-17-8-33-14-5-2-11(27)23(30)20(14)17)42-18-9-38(25-34-36-37-35-25)15-6-3-12(28)24(31)21(15)18/h1-9,32-33H,(H,34,35,36,37). The van der Waals surface area contributed by atoms with Crippen LogP contribution in [0.25, 0.3) is 38.7 Å². The van der Waals surface area contributed by atoms with Crippen molar-refractivity contribution in [3.8, 4) is 23.2 Å². The summed E-state index contributed by atoms with van der Waals surface area (Å²) in [5.74, 6) is 0.474. The monoisotopic (exact) mass is 847 g/mol. The van der Waals surface area contributed by atoms with Crippen LogP contribution in [0, 0.1) is 0 Å². The zero-order valence-corrected chi connectivity index (χ0v) is 28.8. The number of hydrogen-bond donors (Lipinski definition) is 3. The lowest BCUT2D eigenvalue weighted by atomic mass is 10.2. The number of halogens is 6. The molecule has 4 heterocycles. The molecule has 0 saturated carbocycles. The third kappa shape index (κ3) is 5.02. The van der Waals surface area contributed by atoms with Crippen LogP contribution >= 0.6 is 90.4 Å². The van der Waals surface area contributed by atoms with E-state index in [0.29, 0.717) is 56.2 Å². The predicted molar refractivity (Wildman–Crippen MR) is 175 cm³/mol. The van der Waals surface area contributed by atoms with Gasteiger partial charge in [-0.3, -0.25) is 4.57 Å². The van der Waals surface area contributed by atoms with Crippen molar-refractivity contribution in [2.45, 2.75) is 0 Å². The summed E-state index contributed by atoms with van der Waals surface area (Å²) >= 11 is 30.2. The van der Waals surface area contributed by atoms with Crippen LogP contribution in [0.4, 0.5) is 0 Å². The van der Waals surface area contributed by atoms with E-state index in [4.69, 9.17) is 48.4 Å². The number of nitrogens with one attached hydrogen (secondary N) is 3. The van der Waals surface area contributed by atoms with Gasteiger partial charge in [0.2, 0.25) is 0 Å². The maximum atomic E-state index is 14.8. The molecule has 43 heavy (non-hydrogen) atoms. The van der Waals surface area contributed by atoms with Gasteiger partial charge in [-0.1, -0.05) is 39.9 Å². The van der Waals surface area contributed by atoms with E-state index >= 15 is 0 Å². The van der Waals surface area contributed by atoms with Gasteiger partial charge in [-0.15, -0.1) is 5.10 Å². The predicted octanol–water partition coefficient (Wildman–Crippen LogP) is 10.00. The van der Waals surface area contributed by atoms with E-state index in [0.717, 1.165) is 0 Å². The average Bonchev–Trinajstić information content (AvgIpc) is 3.78. The van der Waals surface area contributed by atoms with Crippen LogP contribution in [0.5, 0.6) is 17.2 Å². The van der Waals surface area contributed by atoms with Crippen molar-refractivity contribution in [1.29, 1.82) is 0 Å². The maximum absolute atomic E-state index is 14.8. The zero-order chi connectivity index (χ0) is 30.0. The van der Waals surface area contributed by atoms with Gasteiger partial charge in [0.15, 0.2) is 17.2 Å². The molecule has 3 aromatic carbocycles. The number of fused-ring (bicyclic) bond motifs is 3. The minimum atomic E-state index is -4.64. The van der Waals surface area contributed by atoms with Crippen molar-refractivity contribution in [3.63, 3.8) is 0 Å². The van der Waals surface area contributed by atoms with E-state index in [1.807, 2.05) is 0 Å². The number of nitrogens with zero attached hydrogens (tertiary/aromatic N) is 4. The normalized spacial score (nSPS) is 12.0. The lowest BCUT2D eigenvalue weighted by Crippen LogP contribution is -2.07. The second kappa shape index (κ2) is 11.0. The topological polar surface area (TPSA) is 136 Å². The average molecular weight is 851 g/mol. The SMILES string of the molecule is O=P(Oc1c[nH]c2ccc(Br)c(Cl)c12)(Oc1c[nH]c2ccc(Br)c(Cl)c12)Oc1cn(-c2nn[nH]n2)c2ccc(Br)c(Cl)c12. The molecule has 0 unspecified atom stereocenters. The van der Waals surface area contributed by atoms with Crippen molar-refractivity contribution in [3.05, 3.63) is 83.5 Å². The maximum Gasteiger partial charge on any atom is 0.647 e. The highest BCUT2D eigenvalue weighted by Gasteiger charge is 2.38. The Morgan fingerprint density at radius 2 is 1.23 bits per heavy atom. The zero-order valence-electron chi connectivity index (χ0n) is 20.8. The fraction of sp³-hybridized carbons (Fsp3) is 0. The van der Waals surface area contributed by atoms with E-state index in [1.54, 1.807) is 41.0 Å². The Labute approximate surface area is 281 Å². The van der Waals surface area contributed by atoms with Crippen molar-refractivity contribution in [2.24, 2.45) is 0 Å². The number of benzene rings is 3. The fourth-order valence-electron chi connectivity index (χ4n) is 4.54. The van der Waals surface area contributed by atoms with E-state index in [-0.39, 0.29) is 28.2 Å². The number of aromatic amines is 3. The first-order valence-corrected chi connectivity index (χ1v) is 16.9. The molecule has 0 radical (unpaired) electrons. The summed E-state index contributed by atoms with van der Waals surface area (Å²) in [6.45, 7) is 0. The van der Waals surface area contributed by atoms with Gasteiger partial charge in [0.05, 0.1) is 54.0 Å². The highest BCUT2D eigenvalue weighted by Crippen LogP contribution is 2.56. The summed E-state index contributed by atoms with van der Waals surface area (Å²) in [5, 5.41) is 16.4. The number of rotatable bonds is 7. The van der Waals surface area contributed by atoms with Crippen molar-refractivity contribution < 1.29 is 18.1 Å². The van der Waals surface area contributed by atoms with Crippen LogP contribution in [-0.4, -0.2) is 35.2 Å². The van der Waals surface area contributed by atoms with E-state index in [2.05, 4.69) is 78.4 Å². The van der Waals surface area contributed by atoms with Gasteiger partial charge in [0, 0.05) is 25.8 Å². The van der Waals surface area contributed by atoms with Gasteiger partial charge >= 0.3 is 7.82 Å². The Balaban J connectivity index is 1.41. The number of phosphoric acid groups is 1. The minimum Gasteiger partial charge on any atom is -0.384 e. The van der Waals surface area contributed by atoms with E-state index in [1.165, 1.54) is 18.6 Å². The van der Waals surface area contributed by atoms with Crippen LogP contribution in [0.1, 0.15) is 0 Å². The fourth-order valence-corrected chi connectivity index (χ4v) is 7.56. The number of tetrazole rings is 1. The number of hydrogen-bond acceptors (Lipinski definition) is 7. The summed E-state index contributed by atoms with van der Waals surface area (Å²) in [4.78, 5) is 6.12. The molecule has 7 aromatic rings. The molecule has 4 aromatic heterocycles. The smallest absolute Gasteiger partial charge is 0.384 e. The van der Waals surface area contributed by atoms with Crippen molar-refractivity contribution in [2.75, 3.05) is 0 Å². The largest absolute Gasteiger partial charge is 0.647 e. The summed E-state index contributed by atoms with van der Waals surface area (Å²) < 4.78 is 36.5. The van der Waals surface area contributed by atoms with E-state index < -0.39 is 7.82 Å². The molecule has 7 rings (SSSR count). The van der Waals surface area contributed by atoms with Gasteiger partial charge < -0.3 is 23.5 Å². The summed E-state index contributed by atoms with van der Waals surface area (Å²) in [6, 6.07) is 10.6. The highest BCUT2D eigenvalue weighted by molar-refractivity contribution is 9.11. The molecular weight excluding hydrogens is 839 g/mol. The van der Waals surface area contributed by atoms with Crippen LogP contribution in [0.15, 0.2) is 68.4 Å². The third-order valence-corrected chi connectivity index (χ3v) is 11.5. The quantitative estimate of drug-likeness (QED) is 0.136. The third-order valence-electron chi connectivity index (χ3n) is 6.41. The Bertz CT molecular complexity index is 2160. The highest BCUT2D eigenvalue weighted by atomic mass is 79.9. The lowest BCUT2D eigenvalue weighted by Gasteiger charge is -2.19. The van der Waals surface area contributed by atoms with Gasteiger partial charge in [0.1, 0.15) is 0 Å². The first-order chi connectivity index (χ1) is 20.6. The molecule has 0 aliphatic rings. The van der Waals surface area contributed by atoms with Gasteiger partial charge in [0.25, 0.3) is 5.95 Å². The van der Waals surface area contributed by atoms with Crippen LogP contribution in [-0.2, 0) is 4.57 Å². The van der Waals surface area contributed by atoms with Gasteiger partial charge in [-0.2, -0.15) is 9.78 Å². The number of aromatic nitrogens is 7. The second-order valence-corrected chi connectivity index (χ2v) is 14.1. The Morgan fingerprint density at radius 1 is 0.721 bits per heavy atom. The molecule has 0 amide bonds. The molecule has 0 bridgehead atoms. The molecule has 11 nitrogen and oxygen atoms in total. The molecule has 18 heteroatoms. The number of phosphoric ester groups is 1. The second-order valence-electron chi connectivity index (χ2n) is 8.93. The van der Waals surface area contributed by atoms with Crippen molar-refractivity contribution >= 4 is 123 Å². The molecule has 0 spiro atoms. The van der Waals surface area contributed by atoms with Crippen LogP contribution in [0.3, 0.4) is 0 Å². The molecule has 0 fully saturated rings. The Hall–Kier alpha value is -2.71. The van der Waals surface area contributed by atoms with Crippen molar-refractivity contribution in [1.82, 2.24) is 35.2 Å². The van der Waals surface area contributed by atoms with Gasteiger partial charge in [-0.25, -0.2) is 0 Å². The van der Waals surface area contributed by atoms with Crippen LogP contribution < -0.4 is 13.6 Å². The molecular formula is C25H12Br3Cl3N7O4P. The minimum absolute atomic E-state index is 0.0497. The lowest BCUT2D eigenvalue weighted by molar-refractivity contribution is 0.301. The molecule has 218 valence electrons. The first-order valence-electron chi connectivity index (χ1n) is 12.0. The summed E-state index contributed by atoms with van der Waals surface area (Å²) in [7, 11) is -4.64. The van der Waals surface area contributed by atoms with Crippen LogP contribution in [0.2, 0.25) is 15.1 Å². The summed E-state index contributed by atoms with van der Waals surface area (Å²) in [5.41, 5.74) is 1.80. The molecule has 3 N–H and O–H groups in total. The van der Waals surface area contributed by atoms with Gasteiger partial charge in [-0.05, 0) is 89.4 Å². The Kier molecular flexibility index (Phi) is 7.44.